The topological polar surface area (TPSA) is 16.4 Å². The van der Waals surface area contributed by atoms with E-state index in [1.165, 1.54) is 61.0 Å². The summed E-state index contributed by atoms with van der Waals surface area (Å²) >= 11 is 0. The van der Waals surface area contributed by atoms with Crippen LogP contribution in [0.1, 0.15) is 102 Å². The van der Waals surface area contributed by atoms with Crippen molar-refractivity contribution in [3.63, 3.8) is 0 Å². The first kappa shape index (κ1) is 31.9. The van der Waals surface area contributed by atoms with Gasteiger partial charge in [0.2, 0.25) is 0 Å². The Kier molecular flexibility index (Phi) is 6.70. The maximum absolute atomic E-state index is 6.72. The Morgan fingerprint density at radius 1 is 0.529 bits per heavy atom. The fourth-order valence-electron chi connectivity index (χ4n) is 9.01. The SMILES string of the molecule is CC(C)c1cccc2c1oc1cc(N(c3ccc4c(c3)C(C)(C)c3ccccc3-4)c3ccc4c(c3)C(C)(C)c3cc(C(C)(C)C)ccc3-4)ccc12. The first-order valence-electron chi connectivity index (χ1n) is 18.5. The van der Waals surface area contributed by atoms with Crippen LogP contribution < -0.4 is 4.90 Å². The normalized spacial score (nSPS) is 15.3. The summed E-state index contributed by atoms with van der Waals surface area (Å²) in [4.78, 5) is 2.44. The molecule has 0 atom stereocenters. The lowest BCUT2D eigenvalue weighted by atomic mass is 9.79. The van der Waals surface area contributed by atoms with E-state index in [1.54, 1.807) is 0 Å². The minimum atomic E-state index is -0.134. The van der Waals surface area contributed by atoms with Gasteiger partial charge in [0.1, 0.15) is 11.2 Å². The number of nitrogens with zero attached hydrogens (tertiary/aromatic N) is 1. The van der Waals surface area contributed by atoms with Crippen LogP contribution in [0.4, 0.5) is 17.1 Å². The molecule has 0 fully saturated rings. The van der Waals surface area contributed by atoms with Crippen molar-refractivity contribution in [2.24, 2.45) is 0 Å². The van der Waals surface area contributed by atoms with Gasteiger partial charge in [-0.1, -0.05) is 135 Å². The van der Waals surface area contributed by atoms with Crippen molar-refractivity contribution in [2.45, 2.75) is 84.5 Å². The van der Waals surface area contributed by atoms with E-state index in [0.29, 0.717) is 5.92 Å². The van der Waals surface area contributed by atoms with Crippen molar-refractivity contribution >= 4 is 39.0 Å². The summed E-state index contributed by atoms with van der Waals surface area (Å²) in [6, 6.07) is 43.5. The zero-order chi connectivity index (χ0) is 35.6. The van der Waals surface area contributed by atoms with E-state index < -0.39 is 0 Å². The summed E-state index contributed by atoms with van der Waals surface area (Å²) in [6.07, 6.45) is 0. The van der Waals surface area contributed by atoms with Crippen LogP contribution in [0, 0.1) is 0 Å². The van der Waals surface area contributed by atoms with Crippen molar-refractivity contribution in [3.8, 4) is 22.3 Å². The van der Waals surface area contributed by atoms with Gasteiger partial charge in [-0.3, -0.25) is 0 Å². The number of benzene rings is 6. The van der Waals surface area contributed by atoms with Crippen molar-refractivity contribution in [2.75, 3.05) is 4.90 Å². The van der Waals surface area contributed by atoms with Crippen molar-refractivity contribution < 1.29 is 4.42 Å². The van der Waals surface area contributed by atoms with Crippen LogP contribution >= 0.6 is 0 Å². The monoisotopic (exact) mass is 665 g/mol. The molecule has 0 N–H and O–H groups in total. The first-order valence-corrected chi connectivity index (χ1v) is 18.5. The number of fused-ring (bicyclic) bond motifs is 9. The predicted molar refractivity (Wildman–Crippen MR) is 216 cm³/mol. The third-order valence-corrected chi connectivity index (χ3v) is 12.0. The van der Waals surface area contributed by atoms with Crippen LogP contribution in [0.3, 0.4) is 0 Å². The zero-order valence-corrected chi connectivity index (χ0v) is 31.4. The van der Waals surface area contributed by atoms with Crippen LogP contribution in [0.15, 0.2) is 120 Å². The molecule has 254 valence electrons. The van der Waals surface area contributed by atoms with E-state index in [0.717, 1.165) is 33.6 Å². The Morgan fingerprint density at radius 2 is 1.08 bits per heavy atom. The molecule has 2 aliphatic rings. The summed E-state index contributed by atoms with van der Waals surface area (Å²) in [5.41, 5.74) is 18.7. The Hall–Kier alpha value is -5.08. The van der Waals surface area contributed by atoms with Gasteiger partial charge >= 0.3 is 0 Å². The molecule has 51 heavy (non-hydrogen) atoms. The fourth-order valence-corrected chi connectivity index (χ4v) is 9.01. The van der Waals surface area contributed by atoms with Crippen molar-refractivity contribution in [1.29, 1.82) is 0 Å². The molecule has 0 spiro atoms. The molecule has 7 aromatic rings. The summed E-state index contributed by atoms with van der Waals surface area (Å²) in [7, 11) is 0. The lowest BCUT2D eigenvalue weighted by Crippen LogP contribution is -2.19. The number of rotatable bonds is 4. The number of para-hydroxylation sites is 1. The van der Waals surface area contributed by atoms with Crippen LogP contribution in [0.5, 0.6) is 0 Å². The lowest BCUT2D eigenvalue weighted by molar-refractivity contribution is 0.584. The average Bonchev–Trinajstić information content (AvgIpc) is 3.67. The van der Waals surface area contributed by atoms with Crippen LogP contribution in [-0.4, -0.2) is 0 Å². The van der Waals surface area contributed by atoms with Gasteiger partial charge in [0.25, 0.3) is 0 Å². The second-order valence-corrected chi connectivity index (χ2v) is 17.3. The van der Waals surface area contributed by atoms with Gasteiger partial charge in [-0.15, -0.1) is 0 Å². The van der Waals surface area contributed by atoms with Gasteiger partial charge in [0, 0.05) is 44.7 Å². The molecule has 6 aromatic carbocycles. The Morgan fingerprint density at radius 3 is 1.73 bits per heavy atom. The van der Waals surface area contributed by atoms with Gasteiger partial charge in [-0.25, -0.2) is 0 Å². The quantitative estimate of drug-likeness (QED) is 0.186. The smallest absolute Gasteiger partial charge is 0.138 e. The Labute approximate surface area is 302 Å². The third-order valence-electron chi connectivity index (χ3n) is 12.0. The number of anilines is 3. The number of furan rings is 1. The largest absolute Gasteiger partial charge is 0.456 e. The molecule has 2 heteroatoms. The summed E-state index contributed by atoms with van der Waals surface area (Å²) < 4.78 is 6.72. The fraction of sp³-hybridized carbons (Fsp3) is 0.265. The van der Waals surface area contributed by atoms with Crippen LogP contribution in [0.25, 0.3) is 44.2 Å². The molecule has 1 heterocycles. The first-order chi connectivity index (χ1) is 24.2. The highest BCUT2D eigenvalue weighted by atomic mass is 16.3. The maximum atomic E-state index is 6.72. The third kappa shape index (κ3) is 4.61. The molecule has 0 bridgehead atoms. The molecule has 0 saturated carbocycles. The highest BCUT2D eigenvalue weighted by Crippen LogP contribution is 2.54. The van der Waals surface area contributed by atoms with E-state index in [-0.39, 0.29) is 16.2 Å². The Bertz CT molecular complexity index is 2550. The van der Waals surface area contributed by atoms with E-state index >= 15 is 0 Å². The molecular formula is C49H47NO. The number of hydrogen-bond donors (Lipinski definition) is 0. The average molecular weight is 666 g/mol. The van der Waals surface area contributed by atoms with E-state index in [9.17, 15) is 0 Å². The minimum absolute atomic E-state index is 0.0913. The summed E-state index contributed by atoms with van der Waals surface area (Å²) in [5.74, 6) is 0.377. The van der Waals surface area contributed by atoms with Crippen LogP contribution in [0.2, 0.25) is 0 Å². The van der Waals surface area contributed by atoms with E-state index in [4.69, 9.17) is 4.42 Å². The molecule has 0 radical (unpaired) electrons. The molecule has 0 saturated heterocycles. The molecule has 2 nitrogen and oxygen atoms in total. The molecule has 0 unspecified atom stereocenters. The second kappa shape index (κ2) is 10.7. The van der Waals surface area contributed by atoms with E-state index in [1.807, 2.05) is 0 Å². The molecule has 0 aliphatic heterocycles. The van der Waals surface area contributed by atoms with Crippen LogP contribution in [-0.2, 0) is 16.2 Å². The van der Waals surface area contributed by atoms with Gasteiger partial charge in [-0.05, 0) is 103 Å². The van der Waals surface area contributed by atoms with Crippen molar-refractivity contribution in [3.05, 3.63) is 149 Å². The number of hydrogen-bond acceptors (Lipinski definition) is 2. The minimum Gasteiger partial charge on any atom is -0.456 e. The summed E-state index contributed by atoms with van der Waals surface area (Å²) in [6.45, 7) is 20.9. The highest BCUT2D eigenvalue weighted by Gasteiger charge is 2.38. The maximum Gasteiger partial charge on any atom is 0.138 e. The second-order valence-electron chi connectivity index (χ2n) is 17.3. The lowest BCUT2D eigenvalue weighted by Gasteiger charge is -2.30. The van der Waals surface area contributed by atoms with Gasteiger partial charge < -0.3 is 9.32 Å². The van der Waals surface area contributed by atoms with E-state index in [2.05, 4.69) is 182 Å². The van der Waals surface area contributed by atoms with Crippen molar-refractivity contribution in [1.82, 2.24) is 0 Å². The molecule has 2 aliphatic carbocycles. The predicted octanol–water partition coefficient (Wildman–Crippen LogP) is 14.1. The van der Waals surface area contributed by atoms with Gasteiger partial charge in [0.15, 0.2) is 0 Å². The Balaban J connectivity index is 1.25. The van der Waals surface area contributed by atoms with Gasteiger partial charge in [-0.2, -0.15) is 0 Å². The molecular weight excluding hydrogens is 619 g/mol. The zero-order valence-electron chi connectivity index (χ0n) is 31.4. The summed E-state index contributed by atoms with van der Waals surface area (Å²) in [5, 5.41) is 2.33. The molecule has 9 rings (SSSR count). The highest BCUT2D eigenvalue weighted by molar-refractivity contribution is 6.07. The van der Waals surface area contributed by atoms with Gasteiger partial charge in [0.05, 0.1) is 0 Å². The molecule has 1 aromatic heterocycles. The molecule has 0 amide bonds. The standard InChI is InChI=1S/C49H47NO/c1-29(2)34-14-12-15-40-39-24-20-33(28-45(39)51-46(34)40)50(31-18-22-37-35-13-10-11-16-41(35)48(6,7)43(37)26-31)32-19-23-38-36-21-17-30(47(3,4)5)25-42(36)49(8,9)44(38)27-32/h10-29H,1-9H3.